The molecule has 2 heterocycles. The SMILES string of the molecule is [C-]#[N+]/C(C#N)=c1\c2c(/c(=C(/C#N)[N+]#[C-])c3c1Cc1ncc(SC(F)(F)F)nc1-3)-c1nc(C)cnc1C2. The molecule has 2 aliphatic rings. The summed E-state index contributed by atoms with van der Waals surface area (Å²) in [5.74, 6) is 0. The van der Waals surface area contributed by atoms with Crippen LogP contribution in [0, 0.1) is 42.7 Å². The monoisotopic (exact) mass is 498 g/mol. The second kappa shape index (κ2) is 8.16. The smallest absolute Gasteiger partial charge is 0.257 e. The second-order valence-corrected chi connectivity index (χ2v) is 8.90. The molecule has 0 bridgehead atoms. The number of rotatable bonds is 1. The summed E-state index contributed by atoms with van der Waals surface area (Å²) in [6.07, 6.45) is 2.84. The summed E-state index contributed by atoms with van der Waals surface area (Å²) in [5, 5.41) is 19.6. The van der Waals surface area contributed by atoms with Gasteiger partial charge in [-0.3, -0.25) is 9.97 Å². The summed E-state index contributed by atoms with van der Waals surface area (Å²) in [4.78, 5) is 24.1. The molecule has 0 saturated heterocycles. The predicted molar refractivity (Wildman–Crippen MR) is 121 cm³/mol. The van der Waals surface area contributed by atoms with Crippen molar-refractivity contribution in [2.24, 2.45) is 0 Å². The fourth-order valence-electron chi connectivity index (χ4n) is 4.59. The Bertz CT molecular complexity index is 1780. The molecule has 0 fully saturated rings. The molecule has 1 aromatic carbocycles. The van der Waals surface area contributed by atoms with E-state index in [9.17, 15) is 23.7 Å². The molecule has 0 N–H and O–H groups in total. The zero-order valence-electron chi connectivity index (χ0n) is 18.2. The lowest BCUT2D eigenvalue weighted by Crippen LogP contribution is -2.26. The zero-order chi connectivity index (χ0) is 25.8. The van der Waals surface area contributed by atoms with Gasteiger partial charge in [-0.2, -0.15) is 13.2 Å². The molecule has 0 amide bonds. The third-order valence-corrected chi connectivity index (χ3v) is 6.43. The lowest BCUT2D eigenvalue weighted by Gasteiger charge is -2.12. The van der Waals surface area contributed by atoms with Gasteiger partial charge < -0.3 is 0 Å². The fraction of sp³-hybridized carbons (Fsp3) is 0.167. The van der Waals surface area contributed by atoms with Gasteiger partial charge in [0, 0.05) is 52.4 Å². The van der Waals surface area contributed by atoms with Crippen LogP contribution in [0.25, 0.3) is 43.6 Å². The average Bonchev–Trinajstić information content (AvgIpc) is 3.38. The number of nitrogens with zero attached hydrogens (tertiary/aromatic N) is 8. The molecule has 0 aliphatic heterocycles. The molecule has 0 spiro atoms. The summed E-state index contributed by atoms with van der Waals surface area (Å²) >= 11 is -0.432. The lowest BCUT2D eigenvalue weighted by molar-refractivity contribution is -0.0329. The number of hydrogen-bond donors (Lipinski definition) is 0. The Hall–Kier alpha value is -4.78. The van der Waals surface area contributed by atoms with Crippen molar-refractivity contribution < 1.29 is 13.2 Å². The average molecular weight is 498 g/mol. The minimum absolute atomic E-state index is 0.0673. The first kappa shape index (κ1) is 23.0. The van der Waals surface area contributed by atoms with E-state index in [0.29, 0.717) is 44.7 Å². The van der Waals surface area contributed by atoms with Crippen molar-refractivity contribution in [3.8, 4) is 34.7 Å². The maximum absolute atomic E-state index is 13.1. The van der Waals surface area contributed by atoms with Crippen LogP contribution in [0.3, 0.4) is 0 Å². The minimum Gasteiger partial charge on any atom is -0.257 e. The van der Waals surface area contributed by atoms with Gasteiger partial charge in [0.05, 0.1) is 59.9 Å². The summed E-state index contributed by atoms with van der Waals surface area (Å²) in [6.45, 7) is 16.9. The first-order valence-electron chi connectivity index (χ1n) is 10.2. The molecule has 0 saturated carbocycles. The van der Waals surface area contributed by atoms with Gasteiger partial charge in [0.25, 0.3) is 11.4 Å². The molecular formula is C24H9F3N8S. The number of halogens is 3. The summed E-state index contributed by atoms with van der Waals surface area (Å²) in [6, 6.07) is 3.79. The van der Waals surface area contributed by atoms with Crippen molar-refractivity contribution in [1.29, 1.82) is 10.5 Å². The van der Waals surface area contributed by atoms with E-state index in [2.05, 4.69) is 29.6 Å². The number of alkyl halides is 3. The van der Waals surface area contributed by atoms with Crippen molar-refractivity contribution >= 4 is 23.2 Å². The highest BCUT2D eigenvalue weighted by Gasteiger charge is 2.36. The Morgan fingerprint density at radius 2 is 1.44 bits per heavy atom. The highest BCUT2D eigenvalue weighted by molar-refractivity contribution is 8.00. The zero-order valence-corrected chi connectivity index (χ0v) is 19.0. The first-order valence-corrected chi connectivity index (χ1v) is 11.0. The van der Waals surface area contributed by atoms with Crippen LogP contribution in [0.2, 0.25) is 0 Å². The van der Waals surface area contributed by atoms with Crippen LogP contribution in [0.1, 0.15) is 28.2 Å². The third kappa shape index (κ3) is 3.44. The van der Waals surface area contributed by atoms with Gasteiger partial charge in [0.1, 0.15) is 5.03 Å². The Morgan fingerprint density at radius 1 is 0.917 bits per heavy atom. The first-order chi connectivity index (χ1) is 17.2. The number of hydrogen-bond acceptors (Lipinski definition) is 7. The van der Waals surface area contributed by atoms with E-state index < -0.39 is 22.3 Å². The summed E-state index contributed by atoms with van der Waals surface area (Å²) in [5.41, 5.74) is -1.72. The van der Waals surface area contributed by atoms with Crippen molar-refractivity contribution in [3.05, 3.63) is 73.9 Å². The standard InChI is InChI=1S/C24H9F3N8S/c1-10-8-32-13-4-11-18(15(6-28)30-2)12-5-14-23(35-17(9-33-14)36-24(25,26)27)20(12)21(16(7-29)31-3)19(11)22(13)34-10/h8-9H,4-5H2,1H3/b18-15+,21-16+. The van der Waals surface area contributed by atoms with E-state index in [-0.39, 0.29) is 40.7 Å². The highest BCUT2D eigenvalue weighted by Crippen LogP contribution is 2.40. The number of aryl methyl sites for hydroxylation is 1. The quantitative estimate of drug-likeness (QED) is 0.257. The normalized spacial score (nSPS) is 14.2. The molecule has 0 radical (unpaired) electrons. The van der Waals surface area contributed by atoms with Gasteiger partial charge in [-0.05, 0) is 18.1 Å². The predicted octanol–water partition coefficient (Wildman–Crippen LogP) is 3.43. The van der Waals surface area contributed by atoms with Crippen LogP contribution in [0.4, 0.5) is 13.2 Å². The number of fused-ring (bicyclic) bond motifs is 6. The molecule has 5 rings (SSSR count). The van der Waals surface area contributed by atoms with Crippen LogP contribution in [-0.2, 0) is 12.8 Å². The maximum atomic E-state index is 13.1. The molecule has 2 aromatic heterocycles. The van der Waals surface area contributed by atoms with Gasteiger partial charge in [-0.1, -0.05) is 0 Å². The van der Waals surface area contributed by atoms with E-state index in [0.717, 1.165) is 6.20 Å². The molecule has 36 heavy (non-hydrogen) atoms. The highest BCUT2D eigenvalue weighted by atomic mass is 32.2. The Balaban J connectivity index is 2.04. The minimum atomic E-state index is -4.60. The van der Waals surface area contributed by atoms with Crippen LogP contribution >= 0.6 is 11.8 Å². The number of aromatic nitrogens is 4. The third-order valence-electron chi connectivity index (χ3n) is 5.79. The summed E-state index contributed by atoms with van der Waals surface area (Å²) < 4.78 is 39.2. The number of benzene rings is 1. The molecule has 172 valence electrons. The largest absolute Gasteiger partial charge is 0.447 e. The van der Waals surface area contributed by atoms with Crippen molar-refractivity contribution in [1.82, 2.24) is 19.9 Å². The second-order valence-electron chi connectivity index (χ2n) is 7.81. The van der Waals surface area contributed by atoms with Gasteiger partial charge in [-0.15, -0.1) is 0 Å². The van der Waals surface area contributed by atoms with Gasteiger partial charge >= 0.3 is 5.51 Å². The van der Waals surface area contributed by atoms with Gasteiger partial charge in [0.2, 0.25) is 0 Å². The van der Waals surface area contributed by atoms with Gasteiger partial charge in [0.15, 0.2) is 0 Å². The van der Waals surface area contributed by atoms with Crippen LogP contribution in [-0.4, -0.2) is 25.4 Å². The summed E-state index contributed by atoms with van der Waals surface area (Å²) in [7, 11) is 0. The van der Waals surface area contributed by atoms with Gasteiger partial charge in [-0.25, -0.2) is 30.2 Å². The van der Waals surface area contributed by atoms with Crippen molar-refractivity contribution in [2.45, 2.75) is 30.3 Å². The molecule has 0 atom stereocenters. The lowest BCUT2D eigenvalue weighted by atomic mass is 9.92. The fourth-order valence-corrected chi connectivity index (χ4v) is 5.07. The van der Waals surface area contributed by atoms with E-state index in [1.807, 2.05) is 12.1 Å². The Kier molecular flexibility index (Phi) is 5.21. The molecule has 8 nitrogen and oxygen atoms in total. The topological polar surface area (TPSA) is 108 Å². The van der Waals surface area contributed by atoms with Crippen molar-refractivity contribution in [3.63, 3.8) is 0 Å². The van der Waals surface area contributed by atoms with Crippen LogP contribution < -0.4 is 10.4 Å². The Morgan fingerprint density at radius 3 is 1.97 bits per heavy atom. The van der Waals surface area contributed by atoms with Crippen molar-refractivity contribution in [2.75, 3.05) is 0 Å². The number of thioether (sulfide) groups is 1. The van der Waals surface area contributed by atoms with Crippen LogP contribution in [0.15, 0.2) is 17.4 Å². The molecule has 2 aliphatic carbocycles. The van der Waals surface area contributed by atoms with E-state index >= 15 is 0 Å². The van der Waals surface area contributed by atoms with E-state index in [1.165, 1.54) is 0 Å². The van der Waals surface area contributed by atoms with E-state index in [4.69, 9.17) is 13.1 Å². The number of nitriles is 2. The van der Waals surface area contributed by atoms with E-state index in [1.54, 1.807) is 13.1 Å². The molecule has 12 heteroatoms. The molecule has 0 unspecified atom stereocenters. The maximum Gasteiger partial charge on any atom is 0.447 e. The molecular weight excluding hydrogens is 489 g/mol. The molecule has 3 aromatic rings. The van der Waals surface area contributed by atoms with Crippen LogP contribution in [0.5, 0.6) is 0 Å². The Labute approximate surface area is 205 Å².